The minimum absolute atomic E-state index is 0.00725. The van der Waals surface area contributed by atoms with Crippen LogP contribution in [0.1, 0.15) is 6.42 Å². The van der Waals surface area contributed by atoms with Crippen molar-refractivity contribution in [2.75, 3.05) is 11.4 Å². The number of nitro groups is 1. The van der Waals surface area contributed by atoms with Crippen LogP contribution in [-0.2, 0) is 9.59 Å². The third-order valence-electron chi connectivity index (χ3n) is 2.75. The van der Waals surface area contributed by atoms with Crippen molar-refractivity contribution in [3.8, 4) is 0 Å². The van der Waals surface area contributed by atoms with Crippen LogP contribution in [0.5, 0.6) is 0 Å². The van der Waals surface area contributed by atoms with E-state index in [0.717, 1.165) is 11.0 Å². The Kier molecular flexibility index (Phi) is 3.34. The fourth-order valence-corrected chi connectivity index (χ4v) is 1.98. The van der Waals surface area contributed by atoms with Crippen molar-refractivity contribution in [1.29, 1.82) is 0 Å². The van der Waals surface area contributed by atoms with Crippen molar-refractivity contribution in [3.05, 3.63) is 27.4 Å². The number of pyridine rings is 1. The van der Waals surface area contributed by atoms with Crippen molar-refractivity contribution in [3.63, 3.8) is 0 Å². The number of hydrogen-bond donors (Lipinski definition) is 1. The summed E-state index contributed by atoms with van der Waals surface area (Å²) >= 11 is 5.66. The summed E-state index contributed by atoms with van der Waals surface area (Å²) in [4.78, 5) is 37.5. The summed E-state index contributed by atoms with van der Waals surface area (Å²) in [6, 6.07) is 2.37. The molecular weight excluding hydrogens is 278 g/mol. The molecule has 0 saturated carbocycles. The lowest BCUT2D eigenvalue weighted by Crippen LogP contribution is -2.27. The molecule has 2 rings (SSSR count). The van der Waals surface area contributed by atoms with Gasteiger partial charge in [-0.3, -0.25) is 24.6 Å². The maximum absolute atomic E-state index is 11.7. The van der Waals surface area contributed by atoms with Gasteiger partial charge in [-0.2, -0.15) is 0 Å². The number of carboxylic acid groups (broad SMARTS) is 1. The second-order valence-corrected chi connectivity index (χ2v) is 4.36. The molecule has 19 heavy (non-hydrogen) atoms. The van der Waals surface area contributed by atoms with Crippen molar-refractivity contribution in [2.24, 2.45) is 5.92 Å². The number of carboxylic acids is 1. The molecule has 1 fully saturated rings. The normalized spacial score (nSPS) is 18.7. The van der Waals surface area contributed by atoms with Crippen LogP contribution in [0, 0.1) is 16.0 Å². The zero-order chi connectivity index (χ0) is 14.2. The van der Waals surface area contributed by atoms with Crippen molar-refractivity contribution in [2.45, 2.75) is 6.42 Å². The summed E-state index contributed by atoms with van der Waals surface area (Å²) in [7, 11) is 0. The van der Waals surface area contributed by atoms with E-state index in [9.17, 15) is 19.7 Å². The van der Waals surface area contributed by atoms with Gasteiger partial charge in [0.15, 0.2) is 0 Å². The van der Waals surface area contributed by atoms with E-state index in [2.05, 4.69) is 4.98 Å². The first-order valence-electron chi connectivity index (χ1n) is 5.24. The third-order valence-corrected chi connectivity index (χ3v) is 2.96. The smallest absolute Gasteiger partial charge is 0.312 e. The maximum Gasteiger partial charge on any atom is 0.312 e. The van der Waals surface area contributed by atoms with Gasteiger partial charge in [-0.1, -0.05) is 11.6 Å². The van der Waals surface area contributed by atoms with Crippen molar-refractivity contribution < 1.29 is 19.6 Å². The van der Waals surface area contributed by atoms with E-state index in [0.29, 0.717) is 0 Å². The number of aromatic nitrogens is 1. The molecule has 0 aliphatic carbocycles. The number of anilines is 1. The standard InChI is InChI=1S/C10H8ClN3O5/c11-7-2-1-6(14(18)19)9(12-7)13-4-5(10(16)17)3-8(13)15/h1-2,5H,3-4H2,(H,16,17). The van der Waals surface area contributed by atoms with Gasteiger partial charge in [0.05, 0.1) is 10.8 Å². The van der Waals surface area contributed by atoms with Gasteiger partial charge in [0.1, 0.15) is 5.15 Å². The molecule has 1 aromatic rings. The Morgan fingerprint density at radius 2 is 2.26 bits per heavy atom. The molecule has 8 nitrogen and oxygen atoms in total. The summed E-state index contributed by atoms with van der Waals surface area (Å²) in [5.74, 6) is -2.76. The number of rotatable bonds is 3. The Bertz CT molecular complexity index is 576. The third kappa shape index (κ3) is 2.48. The Labute approximate surface area is 111 Å². The number of carbonyl (C=O) groups excluding carboxylic acids is 1. The molecule has 0 spiro atoms. The van der Waals surface area contributed by atoms with E-state index in [1.54, 1.807) is 0 Å². The second kappa shape index (κ2) is 4.81. The average Bonchev–Trinajstić information content (AvgIpc) is 2.71. The monoisotopic (exact) mass is 285 g/mol. The first-order chi connectivity index (χ1) is 8.90. The fraction of sp³-hybridized carbons (Fsp3) is 0.300. The zero-order valence-electron chi connectivity index (χ0n) is 9.45. The molecule has 1 atom stereocenters. The van der Waals surface area contributed by atoms with Crippen LogP contribution >= 0.6 is 11.6 Å². The molecule has 1 amide bonds. The SMILES string of the molecule is O=C(O)C1CC(=O)N(c2nc(Cl)ccc2[N+](=O)[O-])C1. The topological polar surface area (TPSA) is 114 Å². The molecule has 2 heterocycles. The van der Waals surface area contributed by atoms with E-state index in [1.165, 1.54) is 6.07 Å². The van der Waals surface area contributed by atoms with Gasteiger partial charge in [-0.05, 0) is 6.07 Å². The minimum atomic E-state index is -1.12. The summed E-state index contributed by atoms with van der Waals surface area (Å²) < 4.78 is 0. The highest BCUT2D eigenvalue weighted by atomic mass is 35.5. The van der Waals surface area contributed by atoms with Crippen LogP contribution in [0.3, 0.4) is 0 Å². The number of amides is 1. The molecule has 0 bridgehead atoms. The Balaban J connectivity index is 2.42. The van der Waals surface area contributed by atoms with E-state index >= 15 is 0 Å². The van der Waals surface area contributed by atoms with Crippen LogP contribution in [0.2, 0.25) is 5.15 Å². The molecule has 1 aromatic heterocycles. The van der Waals surface area contributed by atoms with Gasteiger partial charge in [-0.15, -0.1) is 0 Å². The molecule has 0 aromatic carbocycles. The number of aliphatic carboxylic acids is 1. The van der Waals surface area contributed by atoms with E-state index in [4.69, 9.17) is 16.7 Å². The predicted octanol–water partition coefficient (Wildman–Crippen LogP) is 1.08. The van der Waals surface area contributed by atoms with E-state index < -0.39 is 22.7 Å². The molecule has 1 saturated heterocycles. The summed E-state index contributed by atoms with van der Waals surface area (Å²) in [5.41, 5.74) is -0.385. The first-order valence-corrected chi connectivity index (χ1v) is 5.62. The van der Waals surface area contributed by atoms with Crippen LogP contribution in [0.25, 0.3) is 0 Å². The van der Waals surface area contributed by atoms with Gasteiger partial charge in [0, 0.05) is 19.0 Å². The average molecular weight is 286 g/mol. The lowest BCUT2D eigenvalue weighted by molar-refractivity contribution is -0.384. The molecule has 1 aliphatic heterocycles. The van der Waals surface area contributed by atoms with Gasteiger partial charge < -0.3 is 5.11 Å². The molecule has 1 unspecified atom stereocenters. The first kappa shape index (κ1) is 13.2. The number of halogens is 1. The molecular formula is C10H8ClN3O5. The van der Waals surface area contributed by atoms with Gasteiger partial charge in [-0.25, -0.2) is 4.98 Å². The molecule has 0 radical (unpaired) electrons. The highest BCUT2D eigenvalue weighted by molar-refractivity contribution is 6.29. The Hall–Kier alpha value is -2.22. The highest BCUT2D eigenvalue weighted by Gasteiger charge is 2.38. The van der Waals surface area contributed by atoms with Gasteiger partial charge in [0.2, 0.25) is 11.7 Å². The molecule has 1 N–H and O–H groups in total. The molecule has 9 heteroatoms. The number of carbonyl (C=O) groups is 2. The van der Waals surface area contributed by atoms with E-state index in [1.807, 2.05) is 0 Å². The lowest BCUT2D eigenvalue weighted by atomic mass is 10.1. The lowest BCUT2D eigenvalue weighted by Gasteiger charge is -2.14. The number of hydrogen-bond acceptors (Lipinski definition) is 5. The molecule has 1 aliphatic rings. The molecule has 100 valence electrons. The van der Waals surface area contributed by atoms with E-state index in [-0.39, 0.29) is 29.6 Å². The summed E-state index contributed by atoms with van der Waals surface area (Å²) in [6.07, 6.45) is -0.208. The fourth-order valence-electron chi connectivity index (χ4n) is 1.84. The van der Waals surface area contributed by atoms with Crippen LogP contribution in [0.4, 0.5) is 11.5 Å². The number of nitrogens with zero attached hydrogens (tertiary/aromatic N) is 3. The zero-order valence-corrected chi connectivity index (χ0v) is 10.2. The Morgan fingerprint density at radius 1 is 1.58 bits per heavy atom. The summed E-state index contributed by atoms with van der Waals surface area (Å²) in [6.45, 7) is -0.150. The van der Waals surface area contributed by atoms with Crippen LogP contribution in [0.15, 0.2) is 12.1 Å². The van der Waals surface area contributed by atoms with Crippen LogP contribution < -0.4 is 4.90 Å². The minimum Gasteiger partial charge on any atom is -0.481 e. The largest absolute Gasteiger partial charge is 0.481 e. The quantitative estimate of drug-likeness (QED) is 0.505. The van der Waals surface area contributed by atoms with Crippen LogP contribution in [-0.4, -0.2) is 33.4 Å². The van der Waals surface area contributed by atoms with Crippen molar-refractivity contribution >= 4 is 35.0 Å². The van der Waals surface area contributed by atoms with Gasteiger partial charge >= 0.3 is 11.7 Å². The predicted molar refractivity (Wildman–Crippen MR) is 64.0 cm³/mol. The van der Waals surface area contributed by atoms with Crippen molar-refractivity contribution in [1.82, 2.24) is 4.98 Å². The highest BCUT2D eigenvalue weighted by Crippen LogP contribution is 2.32. The van der Waals surface area contributed by atoms with Gasteiger partial charge in [0.25, 0.3) is 0 Å². The Morgan fingerprint density at radius 3 is 2.79 bits per heavy atom. The summed E-state index contributed by atoms with van der Waals surface area (Å²) in [5, 5.41) is 19.7. The maximum atomic E-state index is 11.7. The second-order valence-electron chi connectivity index (χ2n) is 3.98.